The number of hydrogen-bond donors (Lipinski definition) is 1. The first-order valence-corrected chi connectivity index (χ1v) is 6.61. The molecule has 0 saturated carbocycles. The van der Waals surface area contributed by atoms with Gasteiger partial charge in [0.05, 0.1) is 15.7 Å². The lowest BCUT2D eigenvalue weighted by molar-refractivity contribution is -0.137. The Morgan fingerprint density at radius 1 is 0.952 bits per heavy atom. The van der Waals surface area contributed by atoms with Gasteiger partial charge in [0.25, 0.3) is 0 Å². The molecule has 0 bridgehead atoms. The van der Waals surface area contributed by atoms with Gasteiger partial charge in [-0.25, -0.2) is 8.78 Å². The van der Waals surface area contributed by atoms with E-state index in [9.17, 15) is 22.0 Å². The fourth-order valence-electron chi connectivity index (χ4n) is 1.68. The third-order valence-corrected chi connectivity index (χ3v) is 3.40. The van der Waals surface area contributed by atoms with E-state index in [0.29, 0.717) is 17.7 Å². The highest BCUT2D eigenvalue weighted by atomic mass is 79.9. The molecule has 0 heterocycles. The van der Waals surface area contributed by atoms with Gasteiger partial charge in [-0.2, -0.15) is 13.2 Å². The first-order chi connectivity index (χ1) is 9.77. The van der Waals surface area contributed by atoms with Crippen LogP contribution in [0.15, 0.2) is 40.9 Å². The van der Waals surface area contributed by atoms with E-state index in [1.54, 1.807) is 6.07 Å². The summed E-state index contributed by atoms with van der Waals surface area (Å²) in [5.74, 6) is -1.31. The highest BCUT2D eigenvalue weighted by Crippen LogP contribution is 2.32. The molecule has 0 radical (unpaired) electrons. The zero-order chi connectivity index (χ0) is 15.6. The Morgan fingerprint density at radius 3 is 2.29 bits per heavy atom. The highest BCUT2D eigenvalue weighted by molar-refractivity contribution is 9.10. The molecule has 0 aliphatic rings. The molecule has 0 aromatic heterocycles. The molecule has 0 saturated heterocycles. The molecule has 2 rings (SSSR count). The summed E-state index contributed by atoms with van der Waals surface area (Å²) >= 11 is 2.99. The van der Waals surface area contributed by atoms with Crippen molar-refractivity contribution in [3.8, 4) is 0 Å². The fraction of sp³-hybridized carbons (Fsp3) is 0.143. The third kappa shape index (κ3) is 3.93. The molecule has 0 amide bonds. The van der Waals surface area contributed by atoms with Crippen LogP contribution in [0.2, 0.25) is 0 Å². The van der Waals surface area contributed by atoms with Gasteiger partial charge in [0.2, 0.25) is 0 Å². The molecule has 0 spiro atoms. The molecule has 112 valence electrons. The number of hydrogen-bond acceptors (Lipinski definition) is 1. The van der Waals surface area contributed by atoms with Gasteiger partial charge in [-0.1, -0.05) is 6.07 Å². The zero-order valence-electron chi connectivity index (χ0n) is 10.4. The van der Waals surface area contributed by atoms with Crippen LogP contribution in [0.25, 0.3) is 0 Å². The summed E-state index contributed by atoms with van der Waals surface area (Å²) in [7, 11) is 0. The van der Waals surface area contributed by atoms with Gasteiger partial charge < -0.3 is 5.32 Å². The molecular weight excluding hydrogens is 357 g/mol. The molecule has 0 unspecified atom stereocenters. The number of halogens is 6. The van der Waals surface area contributed by atoms with E-state index in [2.05, 4.69) is 21.2 Å². The van der Waals surface area contributed by atoms with Gasteiger partial charge in [-0.05, 0) is 51.8 Å². The van der Waals surface area contributed by atoms with Crippen molar-refractivity contribution in [1.82, 2.24) is 0 Å². The van der Waals surface area contributed by atoms with Crippen LogP contribution >= 0.6 is 15.9 Å². The van der Waals surface area contributed by atoms with Crippen LogP contribution in [0.5, 0.6) is 0 Å². The smallest absolute Gasteiger partial charge is 0.379 e. The quantitative estimate of drug-likeness (QED) is 0.722. The second kappa shape index (κ2) is 6.01. The Bertz CT molecular complexity index is 654. The first kappa shape index (κ1) is 15.8. The van der Waals surface area contributed by atoms with Crippen molar-refractivity contribution in [3.63, 3.8) is 0 Å². The second-order valence-corrected chi connectivity index (χ2v) is 5.15. The molecule has 1 N–H and O–H groups in total. The summed E-state index contributed by atoms with van der Waals surface area (Å²) in [6.07, 6.45) is -4.55. The lowest BCUT2D eigenvalue weighted by atomic mass is 10.1. The molecule has 7 heteroatoms. The zero-order valence-corrected chi connectivity index (χ0v) is 12.0. The van der Waals surface area contributed by atoms with E-state index in [1.165, 1.54) is 12.1 Å². The van der Waals surface area contributed by atoms with Crippen LogP contribution in [0, 0.1) is 11.6 Å². The molecule has 1 nitrogen and oxygen atoms in total. The molecular formula is C14H9BrF5N. The maximum Gasteiger partial charge on any atom is 0.416 e. The number of anilines is 1. The van der Waals surface area contributed by atoms with Crippen LogP contribution in [0.4, 0.5) is 27.6 Å². The minimum Gasteiger partial charge on any atom is -0.379 e. The average Bonchev–Trinajstić information content (AvgIpc) is 2.40. The van der Waals surface area contributed by atoms with E-state index >= 15 is 0 Å². The summed E-state index contributed by atoms with van der Waals surface area (Å²) in [6.45, 7) is 0.00241. The summed E-state index contributed by atoms with van der Waals surface area (Å²) in [5, 5.41) is 2.53. The summed E-state index contributed by atoms with van der Waals surface area (Å²) in [6, 6.07) is 6.35. The Kier molecular flexibility index (Phi) is 4.51. The van der Waals surface area contributed by atoms with Crippen molar-refractivity contribution in [3.05, 3.63) is 63.6 Å². The molecule has 0 fully saturated rings. The number of benzene rings is 2. The van der Waals surface area contributed by atoms with Crippen molar-refractivity contribution in [2.24, 2.45) is 0 Å². The lowest BCUT2D eigenvalue weighted by Gasteiger charge is -2.12. The predicted molar refractivity (Wildman–Crippen MR) is 72.8 cm³/mol. The summed E-state index contributed by atoms with van der Waals surface area (Å²) in [5.41, 5.74) is -0.756. The van der Waals surface area contributed by atoms with Crippen molar-refractivity contribution in [2.75, 3.05) is 5.32 Å². The Morgan fingerprint density at radius 2 is 1.67 bits per heavy atom. The Balaban J connectivity index is 2.17. The maximum atomic E-state index is 13.5. The fourth-order valence-corrected chi connectivity index (χ4v) is 1.93. The van der Waals surface area contributed by atoms with Crippen molar-refractivity contribution < 1.29 is 22.0 Å². The predicted octanol–water partition coefficient (Wildman–Crippen LogP) is 5.36. The van der Waals surface area contributed by atoms with Crippen LogP contribution < -0.4 is 5.32 Å². The SMILES string of the molecule is Fc1cc(CNc2cc(C(F)(F)F)ccc2F)ccc1Br. The number of nitrogens with one attached hydrogen (secondary N) is 1. The largest absolute Gasteiger partial charge is 0.416 e. The normalized spacial score (nSPS) is 11.5. The molecule has 0 aliphatic heterocycles. The second-order valence-electron chi connectivity index (χ2n) is 4.29. The third-order valence-electron chi connectivity index (χ3n) is 2.76. The number of alkyl halides is 3. The van der Waals surface area contributed by atoms with E-state index in [1.807, 2.05) is 0 Å². The van der Waals surface area contributed by atoms with E-state index < -0.39 is 23.4 Å². The van der Waals surface area contributed by atoms with Gasteiger partial charge in [0.1, 0.15) is 11.6 Å². The van der Waals surface area contributed by atoms with Crippen molar-refractivity contribution in [1.29, 1.82) is 0 Å². The highest BCUT2D eigenvalue weighted by Gasteiger charge is 2.31. The maximum absolute atomic E-state index is 13.5. The Labute approximate surface area is 125 Å². The van der Waals surface area contributed by atoms with Gasteiger partial charge >= 0.3 is 6.18 Å². The molecule has 2 aromatic rings. The first-order valence-electron chi connectivity index (χ1n) is 5.82. The minimum atomic E-state index is -4.55. The molecule has 21 heavy (non-hydrogen) atoms. The van der Waals surface area contributed by atoms with Gasteiger partial charge in [0.15, 0.2) is 0 Å². The van der Waals surface area contributed by atoms with Crippen LogP contribution in [0.3, 0.4) is 0 Å². The van der Waals surface area contributed by atoms with E-state index in [0.717, 1.165) is 6.07 Å². The van der Waals surface area contributed by atoms with Crippen LogP contribution in [-0.2, 0) is 12.7 Å². The van der Waals surface area contributed by atoms with Gasteiger partial charge in [-0.3, -0.25) is 0 Å². The minimum absolute atomic E-state index is 0.00241. The van der Waals surface area contributed by atoms with Gasteiger partial charge in [-0.15, -0.1) is 0 Å². The summed E-state index contributed by atoms with van der Waals surface area (Å²) in [4.78, 5) is 0. The molecule has 2 aromatic carbocycles. The Hall–Kier alpha value is -1.63. The van der Waals surface area contributed by atoms with Crippen molar-refractivity contribution in [2.45, 2.75) is 12.7 Å². The summed E-state index contributed by atoms with van der Waals surface area (Å²) < 4.78 is 64.7. The van der Waals surface area contributed by atoms with Crippen LogP contribution in [-0.4, -0.2) is 0 Å². The number of rotatable bonds is 3. The van der Waals surface area contributed by atoms with Crippen LogP contribution in [0.1, 0.15) is 11.1 Å². The average molecular weight is 366 g/mol. The van der Waals surface area contributed by atoms with Crippen molar-refractivity contribution >= 4 is 21.6 Å². The monoisotopic (exact) mass is 365 g/mol. The molecule has 0 aliphatic carbocycles. The van der Waals surface area contributed by atoms with Gasteiger partial charge in [0, 0.05) is 6.54 Å². The van der Waals surface area contributed by atoms with E-state index in [-0.39, 0.29) is 16.7 Å². The van der Waals surface area contributed by atoms with E-state index in [4.69, 9.17) is 0 Å². The topological polar surface area (TPSA) is 12.0 Å². The molecule has 0 atom stereocenters. The lowest BCUT2D eigenvalue weighted by Crippen LogP contribution is -2.08. The standard InChI is InChI=1S/C14H9BrF5N/c15-10-3-1-8(5-12(10)17)7-21-13-6-9(14(18,19)20)2-4-11(13)16/h1-6,21H,7H2.